The lowest BCUT2D eigenvalue weighted by Gasteiger charge is -2.11. The predicted molar refractivity (Wildman–Crippen MR) is 77.6 cm³/mol. The Morgan fingerprint density at radius 3 is 2.74 bits per heavy atom. The van der Waals surface area contributed by atoms with Crippen LogP contribution in [0.2, 0.25) is 0 Å². The van der Waals surface area contributed by atoms with Crippen LogP contribution in [0, 0.1) is 0 Å². The number of rotatable bonds is 5. The molecule has 2 rings (SSSR count). The van der Waals surface area contributed by atoms with Gasteiger partial charge >= 0.3 is 0 Å². The van der Waals surface area contributed by atoms with Gasteiger partial charge in [0.1, 0.15) is 0 Å². The van der Waals surface area contributed by atoms with Crippen molar-refractivity contribution in [3.63, 3.8) is 0 Å². The van der Waals surface area contributed by atoms with Gasteiger partial charge < -0.3 is 5.32 Å². The maximum absolute atomic E-state index is 11.8. The smallest absolute Gasteiger partial charge is 0.230 e. The third kappa shape index (κ3) is 4.39. The topological polar surface area (TPSA) is 46.2 Å². The first-order chi connectivity index (χ1) is 9.15. The van der Waals surface area contributed by atoms with Crippen LogP contribution in [-0.4, -0.2) is 23.5 Å². The van der Waals surface area contributed by atoms with Crippen molar-refractivity contribution < 1.29 is 9.59 Å². The van der Waals surface area contributed by atoms with Gasteiger partial charge in [-0.15, -0.1) is 11.8 Å². The van der Waals surface area contributed by atoms with Gasteiger partial charge in [0.05, 0.1) is 5.75 Å². The van der Waals surface area contributed by atoms with Gasteiger partial charge in [-0.3, -0.25) is 9.59 Å². The zero-order valence-electron chi connectivity index (χ0n) is 11.1. The fourth-order valence-electron chi connectivity index (χ4n) is 2.29. The van der Waals surface area contributed by atoms with E-state index in [0.717, 1.165) is 17.7 Å². The van der Waals surface area contributed by atoms with E-state index in [1.165, 1.54) is 24.6 Å². The van der Waals surface area contributed by atoms with Crippen molar-refractivity contribution in [1.29, 1.82) is 0 Å². The highest BCUT2D eigenvalue weighted by Crippen LogP contribution is 2.21. The number of thioether (sulfide) groups is 1. The summed E-state index contributed by atoms with van der Waals surface area (Å²) < 4.78 is 0. The summed E-state index contributed by atoms with van der Waals surface area (Å²) in [5.74, 6) is 0.556. The summed E-state index contributed by atoms with van der Waals surface area (Å²) in [5.41, 5.74) is 0.696. The van der Waals surface area contributed by atoms with Crippen molar-refractivity contribution in [2.45, 2.75) is 43.5 Å². The molecule has 0 saturated heterocycles. The highest BCUT2D eigenvalue weighted by atomic mass is 32.2. The number of carbonyl (C=O) groups is 2. The van der Waals surface area contributed by atoms with Gasteiger partial charge in [-0.05, 0) is 31.9 Å². The molecule has 1 saturated carbocycles. The van der Waals surface area contributed by atoms with E-state index in [4.69, 9.17) is 0 Å². The predicted octanol–water partition coefficient (Wildman–Crippen LogP) is 3.04. The third-order valence-electron chi connectivity index (χ3n) is 3.33. The molecule has 0 atom stereocenters. The zero-order chi connectivity index (χ0) is 13.7. The number of ketones is 1. The van der Waals surface area contributed by atoms with Gasteiger partial charge in [-0.1, -0.05) is 25.0 Å². The Morgan fingerprint density at radius 1 is 1.32 bits per heavy atom. The molecule has 0 bridgehead atoms. The maximum Gasteiger partial charge on any atom is 0.230 e. The minimum atomic E-state index is 0.0536. The van der Waals surface area contributed by atoms with Crippen LogP contribution in [0.3, 0.4) is 0 Å². The normalized spacial score (nSPS) is 15.4. The molecule has 0 unspecified atom stereocenters. The summed E-state index contributed by atoms with van der Waals surface area (Å²) in [4.78, 5) is 24.0. The molecule has 1 aromatic rings. The Kier molecular flexibility index (Phi) is 5.02. The first kappa shape index (κ1) is 14.1. The van der Waals surface area contributed by atoms with Crippen LogP contribution in [0.15, 0.2) is 29.2 Å². The first-order valence-corrected chi connectivity index (χ1v) is 7.67. The minimum Gasteiger partial charge on any atom is -0.353 e. The summed E-state index contributed by atoms with van der Waals surface area (Å²) in [6.45, 7) is 1.55. The minimum absolute atomic E-state index is 0.0536. The molecule has 0 radical (unpaired) electrons. The number of nitrogens with one attached hydrogen (secondary N) is 1. The molecule has 1 aliphatic rings. The average molecular weight is 277 g/mol. The molecule has 0 spiro atoms. The van der Waals surface area contributed by atoms with Crippen molar-refractivity contribution in [3.05, 3.63) is 29.8 Å². The van der Waals surface area contributed by atoms with Gasteiger partial charge in [0, 0.05) is 16.5 Å². The molecule has 1 amide bonds. The SMILES string of the molecule is CC(=O)c1cccc(SCC(=O)NC2CCCC2)c1. The number of Topliss-reactive ketones (excluding diaryl/α,β-unsaturated/α-hetero) is 1. The Balaban J connectivity index is 1.82. The summed E-state index contributed by atoms with van der Waals surface area (Å²) in [6, 6.07) is 7.80. The highest BCUT2D eigenvalue weighted by Gasteiger charge is 2.16. The molecule has 0 aliphatic heterocycles. The van der Waals surface area contributed by atoms with Crippen LogP contribution in [0.25, 0.3) is 0 Å². The Morgan fingerprint density at radius 2 is 2.05 bits per heavy atom. The van der Waals surface area contributed by atoms with Crippen molar-refractivity contribution in [3.8, 4) is 0 Å². The highest BCUT2D eigenvalue weighted by molar-refractivity contribution is 8.00. The molecule has 1 fully saturated rings. The Labute approximate surface area is 118 Å². The van der Waals surface area contributed by atoms with Crippen LogP contribution in [0.5, 0.6) is 0 Å². The number of hydrogen-bond donors (Lipinski definition) is 1. The van der Waals surface area contributed by atoms with Crippen LogP contribution < -0.4 is 5.32 Å². The molecule has 1 aliphatic carbocycles. The second-order valence-electron chi connectivity index (χ2n) is 4.92. The van der Waals surface area contributed by atoms with E-state index in [1.54, 1.807) is 13.0 Å². The van der Waals surface area contributed by atoms with E-state index in [-0.39, 0.29) is 11.7 Å². The molecular weight excluding hydrogens is 258 g/mol. The van der Waals surface area contributed by atoms with Crippen LogP contribution in [-0.2, 0) is 4.79 Å². The van der Waals surface area contributed by atoms with Crippen molar-refractivity contribution in [2.75, 3.05) is 5.75 Å². The molecule has 1 aromatic carbocycles. The van der Waals surface area contributed by atoms with Crippen LogP contribution >= 0.6 is 11.8 Å². The van der Waals surface area contributed by atoms with E-state index in [2.05, 4.69) is 5.32 Å². The van der Waals surface area contributed by atoms with Crippen molar-refractivity contribution in [2.24, 2.45) is 0 Å². The van der Waals surface area contributed by atoms with Crippen molar-refractivity contribution in [1.82, 2.24) is 5.32 Å². The third-order valence-corrected chi connectivity index (χ3v) is 4.32. The van der Waals surface area contributed by atoms with E-state index in [1.807, 2.05) is 18.2 Å². The molecule has 19 heavy (non-hydrogen) atoms. The second-order valence-corrected chi connectivity index (χ2v) is 5.97. The monoisotopic (exact) mass is 277 g/mol. The summed E-state index contributed by atoms with van der Waals surface area (Å²) in [7, 11) is 0. The zero-order valence-corrected chi connectivity index (χ0v) is 12.0. The second kappa shape index (κ2) is 6.75. The van der Waals surface area contributed by atoms with Crippen molar-refractivity contribution >= 4 is 23.5 Å². The van der Waals surface area contributed by atoms with E-state index >= 15 is 0 Å². The average Bonchev–Trinajstić information content (AvgIpc) is 2.89. The standard InChI is InChI=1S/C15H19NO2S/c1-11(17)12-5-4-8-14(9-12)19-10-15(18)16-13-6-2-3-7-13/h4-5,8-9,13H,2-3,6-7,10H2,1H3,(H,16,18). The lowest BCUT2D eigenvalue weighted by atomic mass is 10.2. The van der Waals surface area contributed by atoms with E-state index < -0.39 is 0 Å². The lowest BCUT2D eigenvalue weighted by Crippen LogP contribution is -2.33. The van der Waals surface area contributed by atoms with E-state index in [0.29, 0.717) is 17.4 Å². The van der Waals surface area contributed by atoms with E-state index in [9.17, 15) is 9.59 Å². The molecule has 0 heterocycles. The van der Waals surface area contributed by atoms with Gasteiger partial charge in [0.15, 0.2) is 5.78 Å². The van der Waals surface area contributed by atoms with Crippen LogP contribution in [0.4, 0.5) is 0 Å². The fourth-order valence-corrected chi connectivity index (χ4v) is 3.06. The molecule has 102 valence electrons. The molecule has 1 N–H and O–H groups in total. The lowest BCUT2D eigenvalue weighted by molar-refractivity contribution is -0.119. The summed E-state index contributed by atoms with van der Waals surface area (Å²) >= 11 is 1.48. The summed E-state index contributed by atoms with van der Waals surface area (Å²) in [5, 5.41) is 3.06. The molecular formula is C15H19NO2S. The largest absolute Gasteiger partial charge is 0.353 e. The molecule has 3 nitrogen and oxygen atoms in total. The van der Waals surface area contributed by atoms with Gasteiger partial charge in [0.2, 0.25) is 5.91 Å². The van der Waals surface area contributed by atoms with Crippen LogP contribution in [0.1, 0.15) is 43.0 Å². The Hall–Kier alpha value is -1.29. The number of amides is 1. The van der Waals surface area contributed by atoms with Gasteiger partial charge in [-0.2, -0.15) is 0 Å². The molecule has 0 aromatic heterocycles. The Bertz CT molecular complexity index is 467. The summed E-state index contributed by atoms with van der Waals surface area (Å²) in [6.07, 6.45) is 4.66. The first-order valence-electron chi connectivity index (χ1n) is 6.68. The number of carbonyl (C=O) groups excluding carboxylic acids is 2. The fraction of sp³-hybridized carbons (Fsp3) is 0.467. The van der Waals surface area contributed by atoms with Gasteiger partial charge in [0.25, 0.3) is 0 Å². The maximum atomic E-state index is 11.8. The quantitative estimate of drug-likeness (QED) is 0.664. The number of hydrogen-bond acceptors (Lipinski definition) is 3. The molecule has 4 heteroatoms. The van der Waals surface area contributed by atoms with Gasteiger partial charge in [-0.25, -0.2) is 0 Å². The number of benzene rings is 1.